The maximum Gasteiger partial charge on any atom is 0.244 e. The molecule has 8 heteroatoms. The summed E-state index contributed by atoms with van der Waals surface area (Å²) in [5.41, 5.74) is 3.41. The number of ether oxygens (including phenoxy) is 1. The van der Waals surface area contributed by atoms with Crippen molar-refractivity contribution in [1.82, 2.24) is 10.3 Å². The Bertz CT molecular complexity index is 521. The van der Waals surface area contributed by atoms with Crippen molar-refractivity contribution < 1.29 is 15.2 Å². The zero-order chi connectivity index (χ0) is 15.4. The molecule has 2 rings (SSSR count). The number of guanidine groups is 1. The highest BCUT2D eigenvalue weighted by atomic mass is 16.6. The number of hydroxylamine groups is 1. The molecule has 0 atom stereocenters. The molecular formula is C13H21N5O3. The summed E-state index contributed by atoms with van der Waals surface area (Å²) in [5.74, 6) is 0.763. The van der Waals surface area contributed by atoms with Crippen LogP contribution in [0, 0.1) is 0 Å². The minimum absolute atomic E-state index is 0.153. The van der Waals surface area contributed by atoms with Gasteiger partial charge in [-0.2, -0.15) is 10.2 Å². The third-order valence-corrected chi connectivity index (χ3v) is 2.93. The summed E-state index contributed by atoms with van der Waals surface area (Å²) in [5, 5.41) is 21.9. The van der Waals surface area contributed by atoms with Gasteiger partial charge in [0.1, 0.15) is 17.1 Å². The first-order valence-corrected chi connectivity index (χ1v) is 6.73. The van der Waals surface area contributed by atoms with Crippen molar-refractivity contribution in [2.75, 3.05) is 44.0 Å². The van der Waals surface area contributed by atoms with Crippen LogP contribution >= 0.6 is 0 Å². The number of nitrogens with zero attached hydrogens (tertiary/aromatic N) is 4. The molecule has 1 heterocycles. The van der Waals surface area contributed by atoms with Crippen LogP contribution in [0.4, 0.5) is 11.4 Å². The topological polar surface area (TPSA) is 83.8 Å². The molecule has 1 aliphatic heterocycles. The van der Waals surface area contributed by atoms with E-state index in [-0.39, 0.29) is 5.96 Å². The van der Waals surface area contributed by atoms with Crippen molar-refractivity contribution >= 4 is 17.3 Å². The van der Waals surface area contributed by atoms with E-state index in [1.807, 2.05) is 25.9 Å². The first kappa shape index (κ1) is 15.4. The standard InChI is InChI=1S/C13H21N5O3/c1-4-21-10-5-6-11-12(9-10)17(19)13(15-18(11)20)14-7-8-16(2)3/h5-6,9,19-20H,4,7-8H2,1-3H3,(H,14,15). The molecule has 0 aromatic heterocycles. The number of fused-ring (bicyclic) bond motifs is 1. The van der Waals surface area contributed by atoms with E-state index in [4.69, 9.17) is 4.74 Å². The average Bonchev–Trinajstić information content (AvgIpc) is 2.44. The molecule has 0 aliphatic carbocycles. The highest BCUT2D eigenvalue weighted by Crippen LogP contribution is 2.33. The number of hydrazine groups is 1. The van der Waals surface area contributed by atoms with Crippen LogP contribution in [-0.2, 0) is 0 Å². The van der Waals surface area contributed by atoms with E-state index < -0.39 is 0 Å². The molecule has 3 N–H and O–H groups in total. The van der Waals surface area contributed by atoms with E-state index in [1.54, 1.807) is 18.2 Å². The summed E-state index contributed by atoms with van der Waals surface area (Å²) in [7, 11) is 3.88. The Labute approximate surface area is 123 Å². The molecule has 0 amide bonds. The van der Waals surface area contributed by atoms with Crippen molar-refractivity contribution in [3.05, 3.63) is 18.2 Å². The molecule has 21 heavy (non-hydrogen) atoms. The van der Waals surface area contributed by atoms with Crippen molar-refractivity contribution in [3.63, 3.8) is 0 Å². The minimum Gasteiger partial charge on any atom is -0.494 e. The van der Waals surface area contributed by atoms with E-state index in [9.17, 15) is 10.4 Å². The van der Waals surface area contributed by atoms with Gasteiger partial charge in [0.2, 0.25) is 5.96 Å². The van der Waals surface area contributed by atoms with Gasteiger partial charge in [-0.15, -0.1) is 0 Å². The first-order chi connectivity index (χ1) is 10.0. The largest absolute Gasteiger partial charge is 0.494 e. The molecule has 1 aromatic rings. The van der Waals surface area contributed by atoms with Crippen LogP contribution in [-0.4, -0.2) is 55.1 Å². The second-order valence-corrected chi connectivity index (χ2v) is 4.83. The molecule has 0 bridgehead atoms. The van der Waals surface area contributed by atoms with Crippen LogP contribution in [0.5, 0.6) is 5.75 Å². The molecule has 8 nitrogen and oxygen atoms in total. The number of benzene rings is 1. The Morgan fingerprint density at radius 1 is 1.29 bits per heavy atom. The van der Waals surface area contributed by atoms with Gasteiger partial charge >= 0.3 is 0 Å². The van der Waals surface area contributed by atoms with E-state index in [0.29, 0.717) is 30.3 Å². The maximum absolute atomic E-state index is 10.2. The fraction of sp³-hybridized carbons (Fsp3) is 0.462. The lowest BCUT2D eigenvalue weighted by atomic mass is 10.2. The summed E-state index contributed by atoms with van der Waals surface area (Å²) in [4.78, 5) is 6.21. The van der Waals surface area contributed by atoms with Gasteiger partial charge in [-0.05, 0) is 33.2 Å². The summed E-state index contributed by atoms with van der Waals surface area (Å²) >= 11 is 0. The van der Waals surface area contributed by atoms with Crippen molar-refractivity contribution in [3.8, 4) is 5.75 Å². The number of likely N-dealkylation sites (N-methyl/N-ethyl adjacent to an activating group) is 1. The van der Waals surface area contributed by atoms with Crippen LogP contribution < -0.4 is 20.4 Å². The lowest BCUT2D eigenvalue weighted by molar-refractivity contribution is 0.216. The third kappa shape index (κ3) is 3.54. The number of anilines is 2. The number of aliphatic imine (C=N–C) groups is 1. The average molecular weight is 295 g/mol. The fourth-order valence-corrected chi connectivity index (χ4v) is 1.88. The number of hydrogen-bond donors (Lipinski definition) is 3. The minimum atomic E-state index is 0.153. The van der Waals surface area contributed by atoms with Crippen molar-refractivity contribution in [2.45, 2.75) is 6.92 Å². The van der Waals surface area contributed by atoms with Crippen LogP contribution in [0.15, 0.2) is 23.2 Å². The molecular weight excluding hydrogens is 274 g/mol. The quantitative estimate of drug-likeness (QED) is 0.744. The van der Waals surface area contributed by atoms with E-state index in [2.05, 4.69) is 10.4 Å². The SMILES string of the molecule is CCOc1ccc2c(c1)N(O)C(=NCCN(C)C)NN2O. The third-order valence-electron chi connectivity index (χ3n) is 2.93. The molecule has 0 saturated heterocycles. The van der Waals surface area contributed by atoms with Gasteiger partial charge in [-0.25, -0.2) is 10.4 Å². The highest BCUT2D eigenvalue weighted by Gasteiger charge is 2.26. The normalized spacial score (nSPS) is 16.2. The molecule has 0 fully saturated rings. The Balaban J connectivity index is 2.23. The smallest absolute Gasteiger partial charge is 0.244 e. The van der Waals surface area contributed by atoms with E-state index in [0.717, 1.165) is 16.8 Å². The van der Waals surface area contributed by atoms with Gasteiger partial charge in [0, 0.05) is 12.6 Å². The molecule has 0 saturated carbocycles. The predicted octanol–water partition coefficient (Wildman–Crippen LogP) is 0.912. The van der Waals surface area contributed by atoms with E-state index in [1.165, 1.54) is 0 Å². The lowest BCUT2D eigenvalue weighted by Crippen LogP contribution is -2.52. The molecule has 1 aliphatic rings. The van der Waals surface area contributed by atoms with Crippen LogP contribution in [0.25, 0.3) is 0 Å². The second kappa shape index (κ2) is 6.61. The van der Waals surface area contributed by atoms with Gasteiger partial charge in [0.05, 0.1) is 13.2 Å². The Morgan fingerprint density at radius 3 is 2.71 bits per heavy atom. The number of rotatable bonds is 5. The predicted molar refractivity (Wildman–Crippen MR) is 80.1 cm³/mol. The summed E-state index contributed by atoms with van der Waals surface area (Å²) < 4.78 is 5.40. The molecule has 0 unspecified atom stereocenters. The summed E-state index contributed by atoms with van der Waals surface area (Å²) in [6.07, 6.45) is 0. The monoisotopic (exact) mass is 295 g/mol. The van der Waals surface area contributed by atoms with Gasteiger partial charge in [-0.1, -0.05) is 0 Å². The Morgan fingerprint density at radius 2 is 2.05 bits per heavy atom. The second-order valence-electron chi connectivity index (χ2n) is 4.83. The van der Waals surface area contributed by atoms with Gasteiger partial charge in [-0.3, -0.25) is 10.4 Å². The van der Waals surface area contributed by atoms with Gasteiger partial charge < -0.3 is 9.64 Å². The first-order valence-electron chi connectivity index (χ1n) is 6.73. The van der Waals surface area contributed by atoms with Crippen molar-refractivity contribution in [2.24, 2.45) is 4.99 Å². The summed E-state index contributed by atoms with van der Waals surface area (Å²) in [6.45, 7) is 3.62. The van der Waals surface area contributed by atoms with Crippen LogP contribution in [0.2, 0.25) is 0 Å². The van der Waals surface area contributed by atoms with Gasteiger partial charge in [0.15, 0.2) is 0 Å². The highest BCUT2D eigenvalue weighted by molar-refractivity contribution is 6.00. The Kier molecular flexibility index (Phi) is 4.84. The number of nitrogens with one attached hydrogen (secondary N) is 1. The van der Waals surface area contributed by atoms with Crippen molar-refractivity contribution in [1.29, 1.82) is 0 Å². The van der Waals surface area contributed by atoms with E-state index >= 15 is 0 Å². The molecule has 116 valence electrons. The lowest BCUT2D eigenvalue weighted by Gasteiger charge is -2.33. The van der Waals surface area contributed by atoms with Crippen LogP contribution in [0.3, 0.4) is 0 Å². The zero-order valence-electron chi connectivity index (χ0n) is 12.4. The molecule has 0 radical (unpaired) electrons. The Hall–Kier alpha value is -2.03. The van der Waals surface area contributed by atoms with Crippen LogP contribution in [0.1, 0.15) is 6.92 Å². The fourth-order valence-electron chi connectivity index (χ4n) is 1.88. The van der Waals surface area contributed by atoms with Gasteiger partial charge in [0.25, 0.3) is 0 Å². The number of hydrogen-bond acceptors (Lipinski definition) is 6. The molecule has 0 spiro atoms. The zero-order valence-corrected chi connectivity index (χ0v) is 12.4. The molecule has 1 aromatic carbocycles. The summed E-state index contributed by atoms with van der Waals surface area (Å²) in [6, 6.07) is 5.01. The maximum atomic E-state index is 10.2.